The zero-order chi connectivity index (χ0) is 40.9. The van der Waals surface area contributed by atoms with Crippen LogP contribution in [0.3, 0.4) is 0 Å². The molecule has 2 spiro atoms. The molecule has 300 valence electrons. The van der Waals surface area contributed by atoms with E-state index in [0.29, 0.717) is 5.41 Å². The number of nitrogens with zero attached hydrogens (tertiary/aromatic N) is 1. The van der Waals surface area contributed by atoms with E-state index in [-0.39, 0.29) is 16.2 Å². The van der Waals surface area contributed by atoms with Crippen molar-refractivity contribution in [3.05, 3.63) is 186 Å². The Morgan fingerprint density at radius 3 is 1.74 bits per heavy atom. The van der Waals surface area contributed by atoms with E-state index in [2.05, 4.69) is 196 Å². The molecular formula is C60H55N. The average Bonchev–Trinajstić information content (AvgIpc) is 3.93. The van der Waals surface area contributed by atoms with Gasteiger partial charge in [0.15, 0.2) is 0 Å². The highest BCUT2D eigenvalue weighted by Gasteiger charge is 2.84. The van der Waals surface area contributed by atoms with Crippen molar-refractivity contribution in [3.63, 3.8) is 0 Å². The summed E-state index contributed by atoms with van der Waals surface area (Å²) in [5.74, 6) is 3.45. The largest absolute Gasteiger partial charge is 0.310 e. The minimum absolute atomic E-state index is 0.133. The molecule has 4 fully saturated rings. The molecule has 0 radical (unpaired) electrons. The highest BCUT2D eigenvalue weighted by molar-refractivity contribution is 5.92. The summed E-state index contributed by atoms with van der Waals surface area (Å²) < 4.78 is 0. The van der Waals surface area contributed by atoms with E-state index in [9.17, 15) is 0 Å². The van der Waals surface area contributed by atoms with Crippen molar-refractivity contribution >= 4 is 17.1 Å². The van der Waals surface area contributed by atoms with Crippen LogP contribution in [0.25, 0.3) is 44.5 Å². The van der Waals surface area contributed by atoms with Gasteiger partial charge in [0.25, 0.3) is 0 Å². The summed E-state index contributed by atoms with van der Waals surface area (Å²) >= 11 is 0. The Hall–Kier alpha value is -5.66. The monoisotopic (exact) mass is 789 g/mol. The van der Waals surface area contributed by atoms with Gasteiger partial charge in [-0.1, -0.05) is 161 Å². The maximum atomic E-state index is 2.66. The molecule has 1 nitrogen and oxygen atoms in total. The first-order valence-corrected chi connectivity index (χ1v) is 23.2. The van der Waals surface area contributed by atoms with Crippen molar-refractivity contribution in [2.75, 3.05) is 4.90 Å². The lowest BCUT2D eigenvalue weighted by atomic mass is 9.27. The van der Waals surface area contributed by atoms with Crippen molar-refractivity contribution in [3.8, 4) is 44.5 Å². The molecule has 13 rings (SSSR count). The first-order chi connectivity index (χ1) is 29.7. The number of rotatable bonds is 6. The van der Waals surface area contributed by atoms with Gasteiger partial charge in [-0.05, 0) is 170 Å². The summed E-state index contributed by atoms with van der Waals surface area (Å²) in [6.07, 6.45) is 8.23. The van der Waals surface area contributed by atoms with E-state index in [1.165, 1.54) is 111 Å². The lowest BCUT2D eigenvalue weighted by molar-refractivity contribution is -0.231. The highest BCUT2D eigenvalue weighted by atomic mass is 15.1. The quantitative estimate of drug-likeness (QED) is 0.162. The van der Waals surface area contributed by atoms with Crippen LogP contribution in [0.15, 0.2) is 164 Å². The minimum atomic E-state index is 0.133. The average molecular weight is 790 g/mol. The van der Waals surface area contributed by atoms with Crippen molar-refractivity contribution in [2.45, 2.75) is 82.5 Å². The third-order valence-corrected chi connectivity index (χ3v) is 17.6. The van der Waals surface area contributed by atoms with Gasteiger partial charge in [0.05, 0.1) is 5.69 Å². The summed E-state index contributed by atoms with van der Waals surface area (Å²) in [7, 11) is 0. The van der Waals surface area contributed by atoms with E-state index >= 15 is 0 Å². The van der Waals surface area contributed by atoms with Crippen molar-refractivity contribution in [1.29, 1.82) is 0 Å². The fraction of sp³-hybridized carbons (Fsp3) is 0.300. The second kappa shape index (κ2) is 12.5. The molecule has 0 aromatic heterocycles. The van der Waals surface area contributed by atoms with Crippen molar-refractivity contribution < 1.29 is 0 Å². The van der Waals surface area contributed by atoms with Gasteiger partial charge in [-0.25, -0.2) is 0 Å². The Morgan fingerprint density at radius 1 is 0.426 bits per heavy atom. The molecule has 6 aliphatic rings. The molecule has 7 aromatic rings. The Morgan fingerprint density at radius 2 is 1.00 bits per heavy atom. The Kier molecular flexibility index (Phi) is 7.37. The predicted molar refractivity (Wildman–Crippen MR) is 254 cm³/mol. The molecule has 0 heterocycles. The standard InChI is InChI=1S/C60H55N/c1-57(2)30-31-58(3,4)53-34-43(24-29-51(53)57)47-14-9-11-17-54(47)61(45-25-22-42(23-26-45)41-20-18-40(19-21-41)39-12-6-5-7-13-39)46-27-28-49-48-15-8-10-16-50(48)60(52(49)36-46)55-33-38-32-44-35-56(60)59(44,55)37-38/h5-29,34,36,38,44,55-56H,30-33,35,37H2,1-4H3. The summed E-state index contributed by atoms with van der Waals surface area (Å²) in [6.45, 7) is 9.76. The van der Waals surface area contributed by atoms with E-state index in [4.69, 9.17) is 0 Å². The second-order valence-electron chi connectivity index (χ2n) is 21.2. The van der Waals surface area contributed by atoms with Gasteiger partial charge in [-0.15, -0.1) is 0 Å². The Bertz CT molecular complexity index is 2900. The summed E-state index contributed by atoms with van der Waals surface area (Å²) in [5, 5.41) is 0. The molecule has 6 unspecified atom stereocenters. The highest BCUT2D eigenvalue weighted by Crippen LogP contribution is 2.89. The first kappa shape index (κ1) is 36.0. The number of hydrogen-bond acceptors (Lipinski definition) is 1. The third-order valence-electron chi connectivity index (χ3n) is 17.6. The van der Waals surface area contributed by atoms with E-state index in [1.807, 2.05) is 0 Å². The molecule has 6 aliphatic carbocycles. The molecule has 61 heavy (non-hydrogen) atoms. The van der Waals surface area contributed by atoms with Crippen LogP contribution in [0, 0.1) is 29.1 Å². The Labute approximate surface area is 362 Å². The zero-order valence-corrected chi connectivity index (χ0v) is 36.1. The van der Waals surface area contributed by atoms with Gasteiger partial charge < -0.3 is 4.90 Å². The molecule has 2 bridgehead atoms. The van der Waals surface area contributed by atoms with Gasteiger partial charge in [0.1, 0.15) is 0 Å². The van der Waals surface area contributed by atoms with Crippen LogP contribution in [-0.4, -0.2) is 0 Å². The minimum Gasteiger partial charge on any atom is -0.310 e. The third kappa shape index (κ3) is 4.79. The SMILES string of the molecule is CC1(C)CCC(C)(C)c2cc(-c3ccccc3N(c3ccc(-c4ccc(-c5ccccc5)cc4)cc3)c3ccc4c(c3)C3(c5ccccc5-4)C4CC5CC6CC3C64C5)ccc21. The normalized spacial score (nSPS) is 27.3. The summed E-state index contributed by atoms with van der Waals surface area (Å²) in [4.78, 5) is 2.59. The van der Waals surface area contributed by atoms with Crippen LogP contribution in [0.1, 0.15) is 88.5 Å². The summed E-state index contributed by atoms with van der Waals surface area (Å²) in [6, 6.07) is 62.8. The van der Waals surface area contributed by atoms with Crippen LogP contribution in [0.5, 0.6) is 0 Å². The van der Waals surface area contributed by atoms with Crippen LogP contribution in [0.2, 0.25) is 0 Å². The van der Waals surface area contributed by atoms with Gasteiger partial charge in [0, 0.05) is 22.4 Å². The van der Waals surface area contributed by atoms with Gasteiger partial charge in [-0.2, -0.15) is 0 Å². The summed E-state index contributed by atoms with van der Waals surface area (Å²) in [5.41, 5.74) is 21.5. The molecule has 0 amide bonds. The number of anilines is 3. The van der Waals surface area contributed by atoms with E-state index in [1.54, 1.807) is 11.1 Å². The second-order valence-corrected chi connectivity index (χ2v) is 21.2. The number of hydrogen-bond donors (Lipinski definition) is 0. The van der Waals surface area contributed by atoms with Gasteiger partial charge in [-0.3, -0.25) is 0 Å². The maximum Gasteiger partial charge on any atom is 0.0540 e. The Balaban J connectivity index is 0.965. The van der Waals surface area contributed by atoms with Crippen LogP contribution in [0.4, 0.5) is 17.1 Å². The van der Waals surface area contributed by atoms with Crippen LogP contribution < -0.4 is 4.90 Å². The lowest BCUT2D eigenvalue weighted by Gasteiger charge is -2.76. The zero-order valence-electron chi connectivity index (χ0n) is 36.1. The van der Waals surface area contributed by atoms with E-state index < -0.39 is 0 Å². The molecule has 0 N–H and O–H groups in total. The number of para-hydroxylation sites is 1. The topological polar surface area (TPSA) is 3.24 Å². The smallest absolute Gasteiger partial charge is 0.0540 e. The first-order valence-electron chi connectivity index (χ1n) is 23.2. The molecule has 7 aromatic carbocycles. The number of benzene rings is 7. The maximum absolute atomic E-state index is 2.66. The van der Waals surface area contributed by atoms with Gasteiger partial charge in [0.2, 0.25) is 0 Å². The van der Waals surface area contributed by atoms with Gasteiger partial charge >= 0.3 is 0 Å². The predicted octanol–water partition coefficient (Wildman–Crippen LogP) is 15.8. The van der Waals surface area contributed by atoms with Crippen LogP contribution in [-0.2, 0) is 16.2 Å². The molecule has 0 saturated heterocycles. The number of fused-ring (bicyclic) bond motifs is 9. The van der Waals surface area contributed by atoms with Crippen LogP contribution >= 0.6 is 0 Å². The molecule has 4 saturated carbocycles. The lowest BCUT2D eigenvalue weighted by Crippen LogP contribution is -2.73. The molecule has 0 aliphatic heterocycles. The molecular weight excluding hydrogens is 735 g/mol. The van der Waals surface area contributed by atoms with Crippen molar-refractivity contribution in [1.82, 2.24) is 0 Å². The van der Waals surface area contributed by atoms with Crippen molar-refractivity contribution in [2.24, 2.45) is 29.1 Å². The van der Waals surface area contributed by atoms with E-state index in [0.717, 1.165) is 23.7 Å². The fourth-order valence-corrected chi connectivity index (χ4v) is 14.8. The fourth-order valence-electron chi connectivity index (χ4n) is 14.8. The molecule has 1 heteroatoms. The molecule has 6 atom stereocenters.